The van der Waals surface area contributed by atoms with Gasteiger partial charge >= 0.3 is 0 Å². The molecular formula is C23H27N5O. The molecule has 3 aromatic rings. The predicted molar refractivity (Wildman–Crippen MR) is 110 cm³/mol. The summed E-state index contributed by atoms with van der Waals surface area (Å²) >= 11 is 0. The van der Waals surface area contributed by atoms with Gasteiger partial charge in [0.2, 0.25) is 0 Å². The van der Waals surface area contributed by atoms with Gasteiger partial charge in [0.15, 0.2) is 5.82 Å². The summed E-state index contributed by atoms with van der Waals surface area (Å²) < 4.78 is 2.08. The zero-order chi connectivity index (χ0) is 19.6. The van der Waals surface area contributed by atoms with E-state index in [0.29, 0.717) is 6.04 Å². The van der Waals surface area contributed by atoms with Crippen molar-refractivity contribution < 1.29 is 5.11 Å². The first kappa shape index (κ1) is 18.3. The van der Waals surface area contributed by atoms with Crippen molar-refractivity contribution in [2.75, 3.05) is 6.54 Å². The largest absolute Gasteiger partial charge is 0.508 e. The molecule has 1 aromatic heterocycles. The first-order chi connectivity index (χ1) is 14.3. The topological polar surface area (TPSA) is 67.1 Å². The van der Waals surface area contributed by atoms with E-state index in [1.54, 1.807) is 12.1 Å². The van der Waals surface area contributed by atoms with Gasteiger partial charge in [0.05, 0.1) is 12.1 Å². The Morgan fingerprint density at radius 2 is 1.69 bits per heavy atom. The minimum atomic E-state index is -0.0270. The zero-order valence-corrected chi connectivity index (χ0v) is 16.6. The van der Waals surface area contributed by atoms with Gasteiger partial charge in [-0.25, -0.2) is 4.68 Å². The SMILES string of the molecule is Oc1ccc([C@@H](c2nnnn2C2CCCCC2)N2CCc3ccccc3C2)cc1. The molecule has 0 saturated heterocycles. The van der Waals surface area contributed by atoms with Crippen LogP contribution in [0.1, 0.15) is 66.7 Å². The van der Waals surface area contributed by atoms with Crippen LogP contribution in [0, 0.1) is 0 Å². The number of aromatic hydroxyl groups is 1. The van der Waals surface area contributed by atoms with Crippen LogP contribution in [0.15, 0.2) is 48.5 Å². The van der Waals surface area contributed by atoms with E-state index < -0.39 is 0 Å². The number of rotatable bonds is 4. The normalized spacial score (nSPS) is 19.0. The Labute approximate surface area is 171 Å². The maximum absolute atomic E-state index is 9.81. The smallest absolute Gasteiger partial charge is 0.173 e. The maximum Gasteiger partial charge on any atom is 0.173 e. The molecular weight excluding hydrogens is 362 g/mol. The predicted octanol–water partition coefficient (Wildman–Crippen LogP) is 4.03. The Kier molecular flexibility index (Phi) is 5.02. The lowest BCUT2D eigenvalue weighted by atomic mass is 9.94. The molecule has 2 aromatic carbocycles. The number of tetrazole rings is 1. The summed E-state index contributed by atoms with van der Waals surface area (Å²) in [7, 11) is 0. The number of aromatic nitrogens is 4. The highest BCUT2D eigenvalue weighted by Gasteiger charge is 2.32. The highest BCUT2D eigenvalue weighted by molar-refractivity contribution is 5.34. The van der Waals surface area contributed by atoms with Gasteiger partial charge in [-0.15, -0.1) is 5.10 Å². The third kappa shape index (κ3) is 3.65. The van der Waals surface area contributed by atoms with Crippen LogP contribution in [0.3, 0.4) is 0 Å². The van der Waals surface area contributed by atoms with Crippen LogP contribution in [0.2, 0.25) is 0 Å². The Balaban J connectivity index is 1.54. The van der Waals surface area contributed by atoms with Gasteiger partial charge in [-0.2, -0.15) is 0 Å². The van der Waals surface area contributed by atoms with E-state index in [-0.39, 0.29) is 11.8 Å². The van der Waals surface area contributed by atoms with Crippen molar-refractivity contribution in [3.8, 4) is 5.75 Å². The van der Waals surface area contributed by atoms with Crippen LogP contribution in [-0.2, 0) is 13.0 Å². The lowest BCUT2D eigenvalue weighted by Gasteiger charge is -2.36. The molecule has 0 unspecified atom stereocenters. The molecule has 1 saturated carbocycles. The van der Waals surface area contributed by atoms with Crippen LogP contribution < -0.4 is 0 Å². The number of hydrogen-bond acceptors (Lipinski definition) is 5. The molecule has 0 spiro atoms. The fourth-order valence-electron chi connectivity index (χ4n) is 4.88. The summed E-state index contributed by atoms with van der Waals surface area (Å²) in [5, 5.41) is 22.8. The number of phenols is 1. The monoisotopic (exact) mass is 389 g/mol. The third-order valence-corrected chi connectivity index (χ3v) is 6.42. The lowest BCUT2D eigenvalue weighted by molar-refractivity contribution is 0.187. The second-order valence-electron chi connectivity index (χ2n) is 8.26. The summed E-state index contributed by atoms with van der Waals surface area (Å²) in [6.45, 7) is 1.83. The van der Waals surface area contributed by atoms with Crippen molar-refractivity contribution >= 4 is 0 Å². The fourth-order valence-corrected chi connectivity index (χ4v) is 4.88. The van der Waals surface area contributed by atoms with Gasteiger partial charge in [0.1, 0.15) is 5.75 Å². The fraction of sp³-hybridized carbons (Fsp3) is 0.435. The van der Waals surface area contributed by atoms with Gasteiger partial charge < -0.3 is 5.11 Å². The van der Waals surface area contributed by atoms with E-state index in [4.69, 9.17) is 0 Å². The lowest BCUT2D eigenvalue weighted by Crippen LogP contribution is -2.36. The second kappa shape index (κ2) is 7.95. The standard InChI is InChI=1S/C23H27N5O/c29-21-12-10-18(11-13-21)22(27-15-14-17-6-4-5-7-19(17)16-27)23-24-25-26-28(23)20-8-2-1-3-9-20/h4-7,10-13,20,22,29H,1-3,8-9,14-16H2/t22-/m0/s1. The maximum atomic E-state index is 9.81. The summed E-state index contributed by atoms with van der Waals surface area (Å²) in [5.74, 6) is 1.20. The molecule has 0 amide bonds. The molecule has 29 heavy (non-hydrogen) atoms. The van der Waals surface area contributed by atoms with Gasteiger partial charge in [-0.1, -0.05) is 55.7 Å². The molecule has 1 aliphatic carbocycles. The molecule has 0 radical (unpaired) electrons. The van der Waals surface area contributed by atoms with Crippen molar-refractivity contribution in [3.63, 3.8) is 0 Å². The molecule has 1 N–H and O–H groups in total. The van der Waals surface area contributed by atoms with E-state index in [1.165, 1.54) is 30.4 Å². The van der Waals surface area contributed by atoms with Crippen LogP contribution in [0.25, 0.3) is 0 Å². The highest BCUT2D eigenvalue weighted by atomic mass is 16.3. The Hall–Kier alpha value is -2.73. The highest BCUT2D eigenvalue weighted by Crippen LogP contribution is 2.35. The van der Waals surface area contributed by atoms with Crippen molar-refractivity contribution in [2.24, 2.45) is 0 Å². The van der Waals surface area contributed by atoms with Crippen molar-refractivity contribution in [1.29, 1.82) is 0 Å². The van der Waals surface area contributed by atoms with Crippen molar-refractivity contribution in [2.45, 2.75) is 57.2 Å². The molecule has 1 fully saturated rings. The van der Waals surface area contributed by atoms with E-state index in [1.807, 2.05) is 12.1 Å². The first-order valence-electron chi connectivity index (χ1n) is 10.7. The van der Waals surface area contributed by atoms with E-state index in [0.717, 1.165) is 43.7 Å². The number of fused-ring (bicyclic) bond motifs is 1. The second-order valence-corrected chi connectivity index (χ2v) is 8.26. The summed E-state index contributed by atoms with van der Waals surface area (Å²) in [6, 6.07) is 16.6. The molecule has 6 heteroatoms. The molecule has 2 heterocycles. The average molecular weight is 390 g/mol. The summed E-state index contributed by atoms with van der Waals surface area (Å²) in [4.78, 5) is 2.47. The van der Waals surface area contributed by atoms with Gasteiger partial charge in [0.25, 0.3) is 0 Å². The Morgan fingerprint density at radius 1 is 0.931 bits per heavy atom. The van der Waals surface area contributed by atoms with Crippen LogP contribution in [-0.4, -0.2) is 36.8 Å². The molecule has 0 bridgehead atoms. The minimum Gasteiger partial charge on any atom is -0.508 e. The molecule has 6 nitrogen and oxygen atoms in total. The molecule has 5 rings (SSSR count). The van der Waals surface area contributed by atoms with Gasteiger partial charge in [-0.05, 0) is 58.5 Å². The minimum absolute atomic E-state index is 0.0270. The number of phenolic OH excluding ortho intramolecular Hbond substituents is 1. The van der Waals surface area contributed by atoms with Gasteiger partial charge in [0, 0.05) is 13.1 Å². The number of nitrogens with zero attached hydrogens (tertiary/aromatic N) is 5. The zero-order valence-electron chi connectivity index (χ0n) is 16.6. The summed E-state index contributed by atoms with van der Waals surface area (Å²) in [5.41, 5.74) is 3.92. The first-order valence-corrected chi connectivity index (χ1v) is 10.7. The van der Waals surface area contributed by atoms with Crippen molar-refractivity contribution in [3.05, 3.63) is 71.0 Å². The Morgan fingerprint density at radius 3 is 2.48 bits per heavy atom. The Bertz CT molecular complexity index is 961. The van der Waals surface area contributed by atoms with E-state index >= 15 is 0 Å². The third-order valence-electron chi connectivity index (χ3n) is 6.42. The molecule has 2 aliphatic rings. The molecule has 1 atom stereocenters. The number of benzene rings is 2. The average Bonchev–Trinajstić information content (AvgIpc) is 3.25. The van der Waals surface area contributed by atoms with E-state index in [9.17, 15) is 5.11 Å². The molecule has 1 aliphatic heterocycles. The number of hydrogen-bond donors (Lipinski definition) is 1. The van der Waals surface area contributed by atoms with Crippen LogP contribution in [0.5, 0.6) is 5.75 Å². The molecule has 150 valence electrons. The van der Waals surface area contributed by atoms with E-state index in [2.05, 4.69) is 49.4 Å². The summed E-state index contributed by atoms with van der Waals surface area (Å²) in [6.07, 6.45) is 7.09. The van der Waals surface area contributed by atoms with Crippen LogP contribution in [0.4, 0.5) is 0 Å². The van der Waals surface area contributed by atoms with Gasteiger partial charge in [-0.3, -0.25) is 4.90 Å². The quantitative estimate of drug-likeness (QED) is 0.730. The van der Waals surface area contributed by atoms with Crippen molar-refractivity contribution in [1.82, 2.24) is 25.1 Å². The van der Waals surface area contributed by atoms with Crippen LogP contribution >= 0.6 is 0 Å².